The summed E-state index contributed by atoms with van der Waals surface area (Å²) >= 11 is 0. The van der Waals surface area contributed by atoms with E-state index in [2.05, 4.69) is 21.4 Å². The first kappa shape index (κ1) is 10.4. The highest BCUT2D eigenvalue weighted by molar-refractivity contribution is 5.79. The smallest absolute Gasteiger partial charge is 0.205 e. The number of nitriles is 1. The topological polar surface area (TPSA) is 64.5 Å². The lowest BCUT2D eigenvalue weighted by Crippen LogP contribution is -1.90. The van der Waals surface area contributed by atoms with E-state index >= 15 is 0 Å². The number of nitrogens with zero attached hydrogens (tertiary/aromatic N) is 2. The van der Waals surface area contributed by atoms with Crippen LogP contribution in [0.25, 0.3) is 11.0 Å². The van der Waals surface area contributed by atoms with E-state index in [1.54, 1.807) is 12.1 Å². The summed E-state index contributed by atoms with van der Waals surface area (Å²) in [6.45, 7) is 0. The van der Waals surface area contributed by atoms with Crippen LogP contribution in [0.1, 0.15) is 5.56 Å². The lowest BCUT2D eigenvalue weighted by molar-refractivity contribution is 1.31. The van der Waals surface area contributed by atoms with Gasteiger partial charge in [-0.2, -0.15) is 5.26 Å². The molecule has 0 spiro atoms. The number of aromatic amines is 1. The summed E-state index contributed by atoms with van der Waals surface area (Å²) in [4.78, 5) is 7.55. The average molecular weight is 234 g/mol. The van der Waals surface area contributed by atoms with E-state index in [1.165, 1.54) is 0 Å². The van der Waals surface area contributed by atoms with Gasteiger partial charge < -0.3 is 10.3 Å². The lowest BCUT2D eigenvalue weighted by Gasteiger charge is -2.00. The number of nitrogens with one attached hydrogen (secondary N) is 2. The Kier molecular flexibility index (Phi) is 2.43. The molecule has 18 heavy (non-hydrogen) atoms. The Morgan fingerprint density at radius 1 is 1.11 bits per heavy atom. The SMILES string of the molecule is N#Cc1ccc2nc(Nc3ccccc3)[nH]c2c1. The van der Waals surface area contributed by atoms with Gasteiger partial charge in [-0.3, -0.25) is 0 Å². The number of hydrogen-bond donors (Lipinski definition) is 2. The summed E-state index contributed by atoms with van der Waals surface area (Å²) in [5.41, 5.74) is 3.29. The Bertz CT molecular complexity index is 722. The number of fused-ring (bicyclic) bond motifs is 1. The number of H-pyrrole nitrogens is 1. The van der Waals surface area contributed by atoms with Crippen molar-refractivity contribution in [2.24, 2.45) is 0 Å². The highest BCUT2D eigenvalue weighted by Gasteiger charge is 2.03. The number of rotatable bonds is 2. The normalized spacial score (nSPS) is 10.2. The third-order valence-corrected chi connectivity index (χ3v) is 2.65. The van der Waals surface area contributed by atoms with Crippen molar-refractivity contribution in [2.75, 3.05) is 5.32 Å². The number of anilines is 2. The van der Waals surface area contributed by atoms with E-state index < -0.39 is 0 Å². The van der Waals surface area contributed by atoms with E-state index in [0.717, 1.165) is 16.7 Å². The predicted molar refractivity (Wildman–Crippen MR) is 70.5 cm³/mol. The molecule has 0 aliphatic carbocycles. The van der Waals surface area contributed by atoms with Gasteiger partial charge in [0, 0.05) is 5.69 Å². The average Bonchev–Trinajstić information content (AvgIpc) is 2.80. The molecule has 2 N–H and O–H groups in total. The number of para-hydroxylation sites is 1. The maximum Gasteiger partial charge on any atom is 0.205 e. The fourth-order valence-electron chi connectivity index (χ4n) is 1.80. The van der Waals surface area contributed by atoms with E-state index in [9.17, 15) is 0 Å². The van der Waals surface area contributed by atoms with E-state index in [1.807, 2.05) is 36.4 Å². The van der Waals surface area contributed by atoms with Crippen molar-refractivity contribution in [3.63, 3.8) is 0 Å². The molecule has 0 radical (unpaired) electrons. The van der Waals surface area contributed by atoms with Gasteiger partial charge in [0.25, 0.3) is 0 Å². The summed E-state index contributed by atoms with van der Waals surface area (Å²) in [5.74, 6) is 0.672. The molecular weight excluding hydrogens is 224 g/mol. The summed E-state index contributed by atoms with van der Waals surface area (Å²) in [6.07, 6.45) is 0. The van der Waals surface area contributed by atoms with Crippen LogP contribution in [0.15, 0.2) is 48.5 Å². The van der Waals surface area contributed by atoms with Gasteiger partial charge >= 0.3 is 0 Å². The van der Waals surface area contributed by atoms with E-state index in [4.69, 9.17) is 5.26 Å². The molecule has 0 aliphatic heterocycles. The minimum atomic E-state index is 0.623. The van der Waals surface area contributed by atoms with Crippen LogP contribution in [0.3, 0.4) is 0 Å². The zero-order valence-corrected chi connectivity index (χ0v) is 9.51. The van der Waals surface area contributed by atoms with Crippen LogP contribution in [-0.2, 0) is 0 Å². The van der Waals surface area contributed by atoms with Crippen LogP contribution in [0, 0.1) is 11.3 Å². The highest BCUT2D eigenvalue weighted by Crippen LogP contribution is 2.18. The highest BCUT2D eigenvalue weighted by atomic mass is 15.1. The molecule has 3 rings (SSSR count). The number of hydrogen-bond acceptors (Lipinski definition) is 3. The monoisotopic (exact) mass is 234 g/mol. The first-order valence-corrected chi connectivity index (χ1v) is 5.57. The molecule has 0 saturated heterocycles. The quantitative estimate of drug-likeness (QED) is 0.715. The van der Waals surface area contributed by atoms with Gasteiger partial charge in [-0.1, -0.05) is 18.2 Å². The Balaban J connectivity index is 1.97. The van der Waals surface area contributed by atoms with Crippen molar-refractivity contribution in [2.45, 2.75) is 0 Å². The molecule has 86 valence electrons. The van der Waals surface area contributed by atoms with Crippen LogP contribution in [-0.4, -0.2) is 9.97 Å². The standard InChI is InChI=1S/C14H10N4/c15-9-10-6-7-12-13(8-10)18-14(17-12)16-11-4-2-1-3-5-11/h1-8H,(H2,16,17,18). The van der Waals surface area contributed by atoms with Gasteiger partial charge in [-0.05, 0) is 30.3 Å². The van der Waals surface area contributed by atoms with Crippen molar-refractivity contribution >= 4 is 22.7 Å². The maximum atomic E-state index is 8.84. The van der Waals surface area contributed by atoms with Crippen LogP contribution in [0.2, 0.25) is 0 Å². The minimum absolute atomic E-state index is 0.623. The number of imidazole rings is 1. The molecule has 0 saturated carbocycles. The third-order valence-electron chi connectivity index (χ3n) is 2.65. The second kappa shape index (κ2) is 4.22. The second-order valence-electron chi connectivity index (χ2n) is 3.92. The minimum Gasteiger partial charge on any atom is -0.326 e. The first-order chi connectivity index (χ1) is 8.85. The van der Waals surface area contributed by atoms with Gasteiger partial charge in [0.2, 0.25) is 5.95 Å². The molecule has 0 amide bonds. The molecular formula is C14H10N4. The van der Waals surface area contributed by atoms with Crippen LogP contribution in [0.4, 0.5) is 11.6 Å². The molecule has 3 aromatic rings. The Morgan fingerprint density at radius 3 is 2.72 bits per heavy atom. The molecule has 2 aromatic carbocycles. The fraction of sp³-hybridized carbons (Fsp3) is 0. The largest absolute Gasteiger partial charge is 0.326 e. The van der Waals surface area contributed by atoms with E-state index in [0.29, 0.717) is 11.5 Å². The number of benzene rings is 2. The summed E-state index contributed by atoms with van der Waals surface area (Å²) < 4.78 is 0. The predicted octanol–water partition coefficient (Wildman–Crippen LogP) is 3.18. The summed E-state index contributed by atoms with van der Waals surface area (Å²) in [6, 6.07) is 17.3. The second-order valence-corrected chi connectivity index (χ2v) is 3.92. The van der Waals surface area contributed by atoms with E-state index in [-0.39, 0.29) is 0 Å². The van der Waals surface area contributed by atoms with Gasteiger partial charge in [0.15, 0.2) is 0 Å². The molecule has 0 atom stereocenters. The first-order valence-electron chi connectivity index (χ1n) is 5.57. The van der Waals surface area contributed by atoms with Crippen LogP contribution < -0.4 is 5.32 Å². The Morgan fingerprint density at radius 2 is 1.94 bits per heavy atom. The molecule has 1 heterocycles. The Hall–Kier alpha value is -2.80. The molecule has 4 heteroatoms. The van der Waals surface area contributed by atoms with Crippen molar-refractivity contribution in [3.8, 4) is 6.07 Å². The van der Waals surface area contributed by atoms with Crippen molar-refractivity contribution in [3.05, 3.63) is 54.1 Å². The Labute approximate surface area is 104 Å². The molecule has 0 bridgehead atoms. The maximum absolute atomic E-state index is 8.84. The van der Waals surface area contributed by atoms with Crippen molar-refractivity contribution < 1.29 is 0 Å². The fourth-order valence-corrected chi connectivity index (χ4v) is 1.80. The third kappa shape index (κ3) is 1.89. The molecule has 4 nitrogen and oxygen atoms in total. The van der Waals surface area contributed by atoms with Crippen LogP contribution >= 0.6 is 0 Å². The molecule has 0 unspecified atom stereocenters. The van der Waals surface area contributed by atoms with Gasteiger partial charge in [-0.25, -0.2) is 4.98 Å². The number of aromatic nitrogens is 2. The molecule has 1 aromatic heterocycles. The van der Waals surface area contributed by atoms with Gasteiger partial charge in [0.05, 0.1) is 22.7 Å². The zero-order valence-electron chi connectivity index (χ0n) is 9.51. The molecule has 0 aliphatic rings. The summed E-state index contributed by atoms with van der Waals surface area (Å²) in [7, 11) is 0. The van der Waals surface area contributed by atoms with Crippen molar-refractivity contribution in [1.29, 1.82) is 5.26 Å². The van der Waals surface area contributed by atoms with Crippen molar-refractivity contribution in [1.82, 2.24) is 9.97 Å². The van der Waals surface area contributed by atoms with Crippen LogP contribution in [0.5, 0.6) is 0 Å². The molecule has 0 fully saturated rings. The van der Waals surface area contributed by atoms with Gasteiger partial charge in [-0.15, -0.1) is 0 Å². The zero-order chi connectivity index (χ0) is 12.4. The lowest BCUT2D eigenvalue weighted by atomic mass is 10.2. The summed E-state index contributed by atoms with van der Waals surface area (Å²) in [5, 5.41) is 12.0. The van der Waals surface area contributed by atoms with Gasteiger partial charge in [0.1, 0.15) is 0 Å².